The van der Waals surface area contributed by atoms with Crippen LogP contribution in [0.25, 0.3) is 10.9 Å². The summed E-state index contributed by atoms with van der Waals surface area (Å²) >= 11 is 0. The van der Waals surface area contributed by atoms with E-state index in [4.69, 9.17) is 9.47 Å². The van der Waals surface area contributed by atoms with E-state index in [1.165, 1.54) is 24.4 Å². The Balaban J connectivity index is 1.70. The molecule has 3 aromatic rings. The Morgan fingerprint density at radius 1 is 1.22 bits per heavy atom. The van der Waals surface area contributed by atoms with Crippen LogP contribution in [0.3, 0.4) is 0 Å². The standard InChI is InChI=1S/C25H33F2N5O4Si/c1-24(2,3)36-22(33)25(20-17-13-16(35-23(26)27)7-8-18(17)30-31-20)14-28-21-19(29-25)9-10-32(21)15-34-11-12-37(4,5)6/h7-10,13-14,23,29H,11-12,15H2,1-6H3,(H,30,31). The zero-order valence-electron chi connectivity index (χ0n) is 21.9. The first-order valence-corrected chi connectivity index (χ1v) is 15.8. The van der Waals surface area contributed by atoms with Gasteiger partial charge in [-0.3, -0.25) is 5.10 Å². The Bertz CT molecular complexity index is 1310. The van der Waals surface area contributed by atoms with Gasteiger partial charge in [-0.25, -0.2) is 9.79 Å². The minimum Gasteiger partial charge on any atom is -0.458 e. The molecule has 0 bridgehead atoms. The van der Waals surface area contributed by atoms with Crippen molar-refractivity contribution in [2.45, 2.75) is 70.9 Å². The maximum atomic E-state index is 13.7. The molecule has 1 aromatic carbocycles. The average molecular weight is 534 g/mol. The van der Waals surface area contributed by atoms with Gasteiger partial charge in [-0.2, -0.15) is 13.9 Å². The lowest BCUT2D eigenvalue weighted by atomic mass is 9.92. The Hall–Kier alpha value is -3.25. The van der Waals surface area contributed by atoms with Gasteiger partial charge in [0.1, 0.15) is 18.1 Å². The summed E-state index contributed by atoms with van der Waals surface area (Å²) in [7, 11) is -1.21. The number of esters is 1. The summed E-state index contributed by atoms with van der Waals surface area (Å²) in [5, 5.41) is 10.8. The van der Waals surface area contributed by atoms with Crippen molar-refractivity contribution in [3.05, 3.63) is 36.2 Å². The molecule has 4 rings (SSSR count). The summed E-state index contributed by atoms with van der Waals surface area (Å²) in [6, 6.07) is 7.19. The van der Waals surface area contributed by atoms with Crippen molar-refractivity contribution in [1.29, 1.82) is 0 Å². The molecule has 2 aromatic heterocycles. The topological polar surface area (TPSA) is 103 Å². The first kappa shape index (κ1) is 26.8. The number of aromatic amines is 1. The molecule has 37 heavy (non-hydrogen) atoms. The van der Waals surface area contributed by atoms with Crippen molar-refractivity contribution < 1.29 is 27.8 Å². The van der Waals surface area contributed by atoms with Crippen LogP contribution in [-0.2, 0) is 26.5 Å². The number of alkyl halides is 2. The molecule has 0 fully saturated rings. The second-order valence-corrected chi connectivity index (χ2v) is 16.8. The lowest BCUT2D eigenvalue weighted by molar-refractivity contribution is -0.158. The van der Waals surface area contributed by atoms with Crippen LogP contribution >= 0.6 is 0 Å². The number of H-pyrrole nitrogens is 1. The van der Waals surface area contributed by atoms with E-state index < -0.39 is 31.8 Å². The second-order valence-electron chi connectivity index (χ2n) is 11.2. The monoisotopic (exact) mass is 533 g/mol. The number of benzene rings is 1. The van der Waals surface area contributed by atoms with E-state index >= 15 is 0 Å². The SMILES string of the molecule is CC(C)(C)OC(=O)C1(c2[nH]nc3ccc(OC(F)F)cc23)C=Nc2c(ccn2COCC[Si](C)(C)C)N1. The summed E-state index contributed by atoms with van der Waals surface area (Å²) in [5.41, 5.74) is -1.04. The van der Waals surface area contributed by atoms with Crippen molar-refractivity contribution >= 4 is 42.7 Å². The zero-order valence-corrected chi connectivity index (χ0v) is 22.9. The fraction of sp³-hybridized carbons (Fsp3) is 0.480. The Kier molecular flexibility index (Phi) is 7.17. The number of rotatable bonds is 9. The summed E-state index contributed by atoms with van der Waals surface area (Å²) in [6.07, 6.45) is 3.28. The highest BCUT2D eigenvalue weighted by molar-refractivity contribution is 6.76. The third-order valence-electron chi connectivity index (χ3n) is 5.74. The Morgan fingerprint density at radius 3 is 2.65 bits per heavy atom. The van der Waals surface area contributed by atoms with Gasteiger partial charge in [0.05, 0.1) is 16.9 Å². The van der Waals surface area contributed by atoms with Crippen LogP contribution in [0.15, 0.2) is 35.5 Å². The molecule has 0 aliphatic carbocycles. The van der Waals surface area contributed by atoms with Crippen molar-refractivity contribution in [2.75, 3.05) is 11.9 Å². The first-order valence-electron chi connectivity index (χ1n) is 12.0. The van der Waals surface area contributed by atoms with E-state index in [0.29, 0.717) is 41.4 Å². The number of carbonyl (C=O) groups is 1. The zero-order chi connectivity index (χ0) is 27.0. The summed E-state index contributed by atoms with van der Waals surface area (Å²) in [4.78, 5) is 18.3. The minimum atomic E-state index is -2.99. The van der Waals surface area contributed by atoms with Gasteiger partial charge in [0.15, 0.2) is 5.82 Å². The van der Waals surface area contributed by atoms with Gasteiger partial charge in [-0.05, 0) is 51.1 Å². The average Bonchev–Trinajstić information content (AvgIpc) is 3.37. The molecular formula is C25H33F2N5O4Si. The Morgan fingerprint density at radius 2 is 1.97 bits per heavy atom. The lowest BCUT2D eigenvalue weighted by Gasteiger charge is -2.34. The summed E-state index contributed by atoms with van der Waals surface area (Å²) in [5.74, 6) is -0.0865. The number of carbonyl (C=O) groups excluding carboxylic acids is 1. The van der Waals surface area contributed by atoms with Crippen molar-refractivity contribution in [1.82, 2.24) is 14.8 Å². The normalized spacial score (nSPS) is 17.6. The maximum Gasteiger partial charge on any atom is 0.387 e. The first-order chi connectivity index (χ1) is 17.3. The quantitative estimate of drug-likeness (QED) is 0.210. The highest BCUT2D eigenvalue weighted by Gasteiger charge is 2.47. The van der Waals surface area contributed by atoms with Crippen LogP contribution in [0.1, 0.15) is 26.5 Å². The Labute approximate surface area is 215 Å². The number of hydrogen-bond acceptors (Lipinski definition) is 7. The molecule has 1 aliphatic rings. The molecule has 0 amide bonds. The fourth-order valence-corrected chi connectivity index (χ4v) is 4.67. The van der Waals surface area contributed by atoms with Crippen molar-refractivity contribution in [3.8, 4) is 5.75 Å². The van der Waals surface area contributed by atoms with Crippen LogP contribution in [0.4, 0.5) is 20.3 Å². The molecular weight excluding hydrogens is 500 g/mol. The molecule has 0 saturated heterocycles. The number of hydrogen-bond donors (Lipinski definition) is 2. The number of nitrogens with one attached hydrogen (secondary N) is 2. The van der Waals surface area contributed by atoms with E-state index in [1.54, 1.807) is 26.8 Å². The second kappa shape index (κ2) is 9.90. The number of ether oxygens (including phenoxy) is 3. The van der Waals surface area contributed by atoms with E-state index in [2.05, 4.69) is 44.9 Å². The molecule has 12 heteroatoms. The molecule has 1 unspecified atom stereocenters. The molecule has 0 spiro atoms. The predicted molar refractivity (Wildman–Crippen MR) is 141 cm³/mol. The number of nitrogens with zero attached hydrogens (tertiary/aromatic N) is 3. The third kappa shape index (κ3) is 6.01. The van der Waals surface area contributed by atoms with Crippen molar-refractivity contribution in [3.63, 3.8) is 0 Å². The molecule has 1 atom stereocenters. The molecule has 200 valence electrons. The van der Waals surface area contributed by atoms with Crippen LogP contribution in [0, 0.1) is 0 Å². The van der Waals surface area contributed by atoms with Crippen LogP contribution < -0.4 is 10.1 Å². The van der Waals surface area contributed by atoms with Crippen LogP contribution in [-0.4, -0.2) is 53.8 Å². The van der Waals surface area contributed by atoms with Crippen molar-refractivity contribution in [2.24, 2.45) is 4.99 Å². The van der Waals surface area contributed by atoms with Gasteiger partial charge in [-0.15, -0.1) is 0 Å². The number of halogens is 2. The predicted octanol–water partition coefficient (Wildman–Crippen LogP) is 5.64. The summed E-state index contributed by atoms with van der Waals surface area (Å²) in [6.45, 7) is 10.1. The molecule has 1 aliphatic heterocycles. The van der Waals surface area contributed by atoms with E-state index in [0.717, 1.165) is 6.04 Å². The van der Waals surface area contributed by atoms with Gasteiger partial charge in [0, 0.05) is 32.5 Å². The van der Waals surface area contributed by atoms with Gasteiger partial charge in [0.2, 0.25) is 5.54 Å². The highest BCUT2D eigenvalue weighted by atomic mass is 28.3. The van der Waals surface area contributed by atoms with Gasteiger partial charge >= 0.3 is 12.6 Å². The summed E-state index contributed by atoms with van der Waals surface area (Å²) < 4.78 is 43.8. The van der Waals surface area contributed by atoms with E-state index in [1.807, 2.05) is 10.8 Å². The molecule has 2 N–H and O–H groups in total. The highest BCUT2D eigenvalue weighted by Crippen LogP contribution is 2.40. The number of aromatic nitrogens is 3. The van der Waals surface area contributed by atoms with E-state index in [-0.39, 0.29) is 5.75 Å². The number of fused-ring (bicyclic) bond motifs is 2. The molecule has 9 nitrogen and oxygen atoms in total. The number of aliphatic imine (C=N–C) groups is 1. The third-order valence-corrected chi connectivity index (χ3v) is 7.44. The molecule has 0 saturated carbocycles. The van der Waals surface area contributed by atoms with E-state index in [9.17, 15) is 13.6 Å². The fourth-order valence-electron chi connectivity index (χ4n) is 3.91. The smallest absolute Gasteiger partial charge is 0.387 e. The van der Waals surface area contributed by atoms with Crippen LogP contribution in [0.2, 0.25) is 25.7 Å². The largest absolute Gasteiger partial charge is 0.458 e. The van der Waals surface area contributed by atoms with Gasteiger partial charge in [0.25, 0.3) is 0 Å². The van der Waals surface area contributed by atoms with Crippen LogP contribution in [0.5, 0.6) is 5.75 Å². The van der Waals surface area contributed by atoms with Gasteiger partial charge < -0.3 is 24.1 Å². The molecule has 3 heterocycles. The van der Waals surface area contributed by atoms with Gasteiger partial charge in [-0.1, -0.05) is 19.6 Å². The lowest BCUT2D eigenvalue weighted by Crippen LogP contribution is -2.50. The minimum absolute atomic E-state index is 0.0560. The molecule has 0 radical (unpaired) electrons. The maximum absolute atomic E-state index is 13.7. The number of anilines is 1.